The van der Waals surface area contributed by atoms with E-state index in [1.165, 1.54) is 12.1 Å². The van der Waals surface area contributed by atoms with Crippen LogP contribution in [0.1, 0.15) is 48.0 Å². The van der Waals surface area contributed by atoms with Crippen molar-refractivity contribution in [3.63, 3.8) is 0 Å². The fourth-order valence-electron chi connectivity index (χ4n) is 4.52. The van der Waals surface area contributed by atoms with E-state index in [9.17, 15) is 18.0 Å². The molecule has 2 fully saturated rings. The average molecular weight is 414 g/mol. The lowest BCUT2D eigenvalue weighted by Gasteiger charge is -2.32. The first-order valence-electron chi connectivity index (χ1n) is 10.2. The standard InChI is InChI=1S/C22H21F3N4O/c23-22(24,25)16-8-6-14(7-9-16)17-12-18(17)21(30)28-10-3-4-15(13-28)20-27-26-19-5-1-2-11-29(19)20/h1-2,5-9,11,15,17-18H,3-4,10,12-13H2. The van der Waals surface area contributed by atoms with Crippen molar-refractivity contribution in [1.29, 1.82) is 0 Å². The highest BCUT2D eigenvalue weighted by Gasteiger charge is 2.46. The Balaban J connectivity index is 1.27. The van der Waals surface area contributed by atoms with Crippen molar-refractivity contribution >= 4 is 11.6 Å². The van der Waals surface area contributed by atoms with E-state index in [1.807, 2.05) is 33.7 Å². The number of piperidine rings is 1. The molecule has 1 aliphatic carbocycles. The molecule has 1 aliphatic heterocycles. The van der Waals surface area contributed by atoms with Crippen molar-refractivity contribution < 1.29 is 18.0 Å². The molecular formula is C22H21F3N4O. The number of carbonyl (C=O) groups is 1. The number of hydrogen-bond acceptors (Lipinski definition) is 3. The molecule has 2 aromatic heterocycles. The normalized spacial score (nSPS) is 24.2. The number of amides is 1. The third kappa shape index (κ3) is 3.44. The molecule has 3 heterocycles. The van der Waals surface area contributed by atoms with E-state index >= 15 is 0 Å². The van der Waals surface area contributed by atoms with Gasteiger partial charge >= 0.3 is 6.18 Å². The van der Waals surface area contributed by atoms with Crippen LogP contribution in [0.3, 0.4) is 0 Å². The summed E-state index contributed by atoms with van der Waals surface area (Å²) in [6, 6.07) is 11.0. The van der Waals surface area contributed by atoms with Gasteiger partial charge in [0, 0.05) is 31.1 Å². The van der Waals surface area contributed by atoms with Gasteiger partial charge in [0.25, 0.3) is 0 Å². The average Bonchev–Trinajstić information content (AvgIpc) is 3.44. The van der Waals surface area contributed by atoms with Crippen molar-refractivity contribution in [2.75, 3.05) is 13.1 Å². The number of likely N-dealkylation sites (tertiary alicyclic amines) is 1. The minimum atomic E-state index is -4.34. The molecule has 1 aromatic carbocycles. The molecule has 0 N–H and O–H groups in total. The Labute approximate surface area is 171 Å². The summed E-state index contributed by atoms with van der Waals surface area (Å²) in [4.78, 5) is 14.9. The summed E-state index contributed by atoms with van der Waals surface area (Å²) in [6.45, 7) is 1.31. The summed E-state index contributed by atoms with van der Waals surface area (Å²) in [6.07, 6.45) is 0.139. The van der Waals surface area contributed by atoms with Gasteiger partial charge in [-0.1, -0.05) is 18.2 Å². The summed E-state index contributed by atoms with van der Waals surface area (Å²) in [7, 11) is 0. The second kappa shape index (κ2) is 7.11. The highest BCUT2D eigenvalue weighted by molar-refractivity contribution is 5.83. The summed E-state index contributed by atoms with van der Waals surface area (Å²) < 4.78 is 40.3. The number of rotatable bonds is 3. The van der Waals surface area contributed by atoms with Crippen LogP contribution in [0.2, 0.25) is 0 Å². The van der Waals surface area contributed by atoms with E-state index in [1.54, 1.807) is 0 Å². The third-order valence-corrected chi connectivity index (χ3v) is 6.21. The smallest absolute Gasteiger partial charge is 0.342 e. The van der Waals surface area contributed by atoms with E-state index in [-0.39, 0.29) is 23.7 Å². The molecule has 5 nitrogen and oxygen atoms in total. The number of carbonyl (C=O) groups excluding carboxylic acids is 1. The number of nitrogens with zero attached hydrogens (tertiary/aromatic N) is 4. The van der Waals surface area contributed by atoms with E-state index in [4.69, 9.17) is 0 Å². The van der Waals surface area contributed by atoms with Crippen LogP contribution in [-0.4, -0.2) is 38.5 Å². The molecule has 0 bridgehead atoms. The molecule has 1 saturated heterocycles. The maximum absolute atomic E-state index is 13.1. The van der Waals surface area contributed by atoms with E-state index in [0.29, 0.717) is 19.5 Å². The second-order valence-electron chi connectivity index (χ2n) is 8.18. The lowest BCUT2D eigenvalue weighted by Crippen LogP contribution is -2.40. The zero-order chi connectivity index (χ0) is 20.9. The summed E-state index contributed by atoms with van der Waals surface area (Å²) in [5, 5.41) is 8.56. The monoisotopic (exact) mass is 414 g/mol. The molecule has 2 aliphatic rings. The lowest BCUT2D eigenvalue weighted by molar-refractivity contribution is -0.137. The number of fused-ring (bicyclic) bond motifs is 1. The fraction of sp³-hybridized carbons (Fsp3) is 0.409. The topological polar surface area (TPSA) is 50.5 Å². The van der Waals surface area contributed by atoms with Crippen molar-refractivity contribution in [1.82, 2.24) is 19.5 Å². The SMILES string of the molecule is O=C(C1CC1c1ccc(C(F)(F)F)cc1)N1CCCC(c2nnc3ccccn23)C1. The summed E-state index contributed by atoms with van der Waals surface area (Å²) in [5.41, 5.74) is 0.938. The van der Waals surface area contributed by atoms with Crippen LogP contribution in [0, 0.1) is 5.92 Å². The second-order valence-corrected chi connectivity index (χ2v) is 8.18. The van der Waals surface area contributed by atoms with Crippen LogP contribution in [-0.2, 0) is 11.0 Å². The van der Waals surface area contributed by atoms with Gasteiger partial charge in [-0.2, -0.15) is 13.2 Å². The van der Waals surface area contributed by atoms with Gasteiger partial charge in [0.15, 0.2) is 5.65 Å². The van der Waals surface area contributed by atoms with Crippen LogP contribution in [0.15, 0.2) is 48.7 Å². The zero-order valence-electron chi connectivity index (χ0n) is 16.2. The Bertz CT molecular complexity index is 1080. The first-order chi connectivity index (χ1) is 14.4. The van der Waals surface area contributed by atoms with Gasteiger partial charge in [-0.15, -0.1) is 10.2 Å². The molecule has 3 aromatic rings. The molecule has 0 radical (unpaired) electrons. The number of alkyl halides is 3. The quantitative estimate of drug-likeness (QED) is 0.644. The Hall–Kier alpha value is -2.90. The van der Waals surface area contributed by atoms with Crippen LogP contribution >= 0.6 is 0 Å². The first-order valence-corrected chi connectivity index (χ1v) is 10.2. The minimum Gasteiger partial charge on any atom is -0.342 e. The van der Waals surface area contributed by atoms with Gasteiger partial charge in [-0.05, 0) is 55.0 Å². The van der Waals surface area contributed by atoms with E-state index < -0.39 is 11.7 Å². The van der Waals surface area contributed by atoms with Crippen molar-refractivity contribution in [2.24, 2.45) is 5.92 Å². The molecule has 156 valence electrons. The number of hydrogen-bond donors (Lipinski definition) is 0. The zero-order valence-corrected chi connectivity index (χ0v) is 16.2. The Kier molecular flexibility index (Phi) is 4.52. The van der Waals surface area contributed by atoms with Crippen LogP contribution in [0.5, 0.6) is 0 Å². The van der Waals surface area contributed by atoms with Crippen LogP contribution in [0.4, 0.5) is 13.2 Å². The lowest BCUT2D eigenvalue weighted by atomic mass is 9.96. The number of benzene rings is 1. The third-order valence-electron chi connectivity index (χ3n) is 6.21. The number of aromatic nitrogens is 3. The largest absolute Gasteiger partial charge is 0.416 e. The van der Waals surface area contributed by atoms with E-state index in [0.717, 1.165) is 42.0 Å². The van der Waals surface area contributed by atoms with Crippen LogP contribution in [0.25, 0.3) is 5.65 Å². The van der Waals surface area contributed by atoms with Gasteiger partial charge in [0.05, 0.1) is 5.56 Å². The molecule has 0 spiro atoms. The molecule has 3 unspecified atom stereocenters. The fourth-order valence-corrected chi connectivity index (χ4v) is 4.52. The number of halogens is 3. The predicted molar refractivity (Wildman–Crippen MR) is 104 cm³/mol. The summed E-state index contributed by atoms with van der Waals surface area (Å²) >= 11 is 0. The molecular weight excluding hydrogens is 393 g/mol. The van der Waals surface area contributed by atoms with Crippen molar-refractivity contribution in [3.8, 4) is 0 Å². The molecule has 3 atom stereocenters. The van der Waals surface area contributed by atoms with Gasteiger partial charge in [0.2, 0.25) is 5.91 Å². The molecule has 5 rings (SSSR count). The maximum atomic E-state index is 13.1. The molecule has 30 heavy (non-hydrogen) atoms. The Morgan fingerprint density at radius 2 is 1.87 bits per heavy atom. The van der Waals surface area contributed by atoms with Crippen LogP contribution < -0.4 is 0 Å². The minimum absolute atomic E-state index is 0.00841. The number of pyridine rings is 1. The molecule has 1 saturated carbocycles. The van der Waals surface area contributed by atoms with Gasteiger partial charge in [0.1, 0.15) is 5.82 Å². The van der Waals surface area contributed by atoms with Gasteiger partial charge in [-0.25, -0.2) is 0 Å². The first kappa shape index (κ1) is 19.1. The highest BCUT2D eigenvalue weighted by atomic mass is 19.4. The molecule has 1 amide bonds. The maximum Gasteiger partial charge on any atom is 0.416 e. The van der Waals surface area contributed by atoms with Gasteiger partial charge in [-0.3, -0.25) is 9.20 Å². The van der Waals surface area contributed by atoms with Crippen molar-refractivity contribution in [2.45, 2.75) is 37.3 Å². The highest BCUT2D eigenvalue weighted by Crippen LogP contribution is 2.49. The molecule has 8 heteroatoms. The van der Waals surface area contributed by atoms with Gasteiger partial charge < -0.3 is 4.90 Å². The predicted octanol–water partition coefficient (Wildman–Crippen LogP) is 4.26. The van der Waals surface area contributed by atoms with E-state index in [2.05, 4.69) is 10.2 Å². The Morgan fingerprint density at radius 3 is 2.63 bits per heavy atom. The summed E-state index contributed by atoms with van der Waals surface area (Å²) in [5.74, 6) is 0.963. The Morgan fingerprint density at radius 1 is 1.07 bits per heavy atom. The van der Waals surface area contributed by atoms with Crippen molar-refractivity contribution in [3.05, 3.63) is 65.6 Å².